The van der Waals surface area contributed by atoms with Gasteiger partial charge in [0, 0.05) is 18.2 Å². The zero-order chi connectivity index (χ0) is 12.0. The smallest absolute Gasteiger partial charge is 0.305 e. The first-order valence-electron chi connectivity index (χ1n) is 4.91. The van der Waals surface area contributed by atoms with Crippen LogP contribution in [0.15, 0.2) is 18.2 Å². The van der Waals surface area contributed by atoms with Crippen LogP contribution in [0, 0.1) is 0 Å². The van der Waals surface area contributed by atoms with Gasteiger partial charge < -0.3 is 20.3 Å². The fourth-order valence-corrected chi connectivity index (χ4v) is 1.15. The molecule has 5 nitrogen and oxygen atoms in total. The van der Waals surface area contributed by atoms with Gasteiger partial charge in [-0.15, -0.1) is 0 Å². The second-order valence-corrected chi connectivity index (χ2v) is 3.26. The van der Waals surface area contributed by atoms with Gasteiger partial charge in [-0.2, -0.15) is 0 Å². The maximum absolute atomic E-state index is 10.8. The molecule has 0 radical (unpaired) electrons. The molecule has 5 heteroatoms. The zero-order valence-electron chi connectivity index (χ0n) is 9.10. The highest BCUT2D eigenvalue weighted by atomic mass is 16.5. The molecule has 0 fully saturated rings. The lowest BCUT2D eigenvalue weighted by molar-refractivity contribution is -0.140. The van der Waals surface area contributed by atoms with Crippen LogP contribution >= 0.6 is 0 Å². The molecule has 0 spiro atoms. The highest BCUT2D eigenvalue weighted by molar-refractivity contribution is 5.69. The number of nitrogens with two attached hydrogens (primary N) is 1. The number of phenols is 1. The molecule has 0 aliphatic heterocycles. The monoisotopic (exact) mass is 225 g/mol. The summed E-state index contributed by atoms with van der Waals surface area (Å²) in [5, 5.41) is 9.42. The standard InChI is InChI=1S/C11H15NO4/c1-15-11(14)3-2-6-16-10-7-8(12)4-5-9(10)13/h4-5,7,13H,2-3,6,12H2,1H3. The van der Waals surface area contributed by atoms with Crippen LogP contribution in [-0.2, 0) is 9.53 Å². The summed E-state index contributed by atoms with van der Waals surface area (Å²) in [4.78, 5) is 10.8. The van der Waals surface area contributed by atoms with Crippen LogP contribution in [-0.4, -0.2) is 24.8 Å². The van der Waals surface area contributed by atoms with E-state index in [2.05, 4.69) is 4.74 Å². The van der Waals surface area contributed by atoms with Crippen molar-refractivity contribution in [3.63, 3.8) is 0 Å². The van der Waals surface area contributed by atoms with Crippen molar-refractivity contribution in [1.82, 2.24) is 0 Å². The molecule has 1 aromatic rings. The van der Waals surface area contributed by atoms with E-state index < -0.39 is 0 Å². The molecule has 0 atom stereocenters. The van der Waals surface area contributed by atoms with Gasteiger partial charge in [0.15, 0.2) is 11.5 Å². The Balaban J connectivity index is 2.37. The van der Waals surface area contributed by atoms with Crippen molar-refractivity contribution in [3.05, 3.63) is 18.2 Å². The summed E-state index contributed by atoms with van der Waals surface area (Å²) in [6.45, 7) is 0.326. The Kier molecular flexibility index (Phi) is 4.44. The van der Waals surface area contributed by atoms with Crippen LogP contribution in [0.2, 0.25) is 0 Å². The lowest BCUT2D eigenvalue weighted by Crippen LogP contribution is -2.04. The third-order valence-electron chi connectivity index (χ3n) is 1.99. The topological polar surface area (TPSA) is 81.8 Å². The summed E-state index contributed by atoms with van der Waals surface area (Å²) in [6, 6.07) is 4.58. The molecule has 1 aromatic carbocycles. The molecule has 16 heavy (non-hydrogen) atoms. The van der Waals surface area contributed by atoms with Crippen molar-refractivity contribution in [2.75, 3.05) is 19.5 Å². The summed E-state index contributed by atoms with van der Waals surface area (Å²) in [6.07, 6.45) is 0.820. The Morgan fingerprint density at radius 2 is 2.25 bits per heavy atom. The van der Waals surface area contributed by atoms with E-state index in [9.17, 15) is 9.90 Å². The minimum absolute atomic E-state index is 0.0345. The van der Waals surface area contributed by atoms with Crippen molar-refractivity contribution in [2.45, 2.75) is 12.8 Å². The van der Waals surface area contributed by atoms with Gasteiger partial charge in [-0.3, -0.25) is 4.79 Å². The van der Waals surface area contributed by atoms with E-state index in [1.165, 1.54) is 19.2 Å². The highest BCUT2D eigenvalue weighted by Gasteiger charge is 2.04. The molecule has 0 saturated heterocycles. The number of nitrogen functional groups attached to an aromatic ring is 1. The van der Waals surface area contributed by atoms with Gasteiger partial charge in [0.05, 0.1) is 13.7 Å². The minimum Gasteiger partial charge on any atom is -0.504 e. The number of phenolic OH excluding ortho intramolecular Hbond substituents is 1. The van der Waals surface area contributed by atoms with E-state index >= 15 is 0 Å². The summed E-state index contributed by atoms with van der Waals surface area (Å²) in [5.74, 6) is 0.0810. The minimum atomic E-state index is -0.277. The number of esters is 1. The predicted molar refractivity (Wildman–Crippen MR) is 59.3 cm³/mol. The number of carbonyl (C=O) groups excluding carboxylic acids is 1. The van der Waals surface area contributed by atoms with Gasteiger partial charge in [0.2, 0.25) is 0 Å². The van der Waals surface area contributed by atoms with Crippen molar-refractivity contribution in [3.8, 4) is 11.5 Å². The van der Waals surface area contributed by atoms with Gasteiger partial charge in [0.25, 0.3) is 0 Å². The van der Waals surface area contributed by atoms with Gasteiger partial charge in [0.1, 0.15) is 0 Å². The number of ether oxygens (including phenoxy) is 2. The lowest BCUT2D eigenvalue weighted by atomic mass is 10.3. The largest absolute Gasteiger partial charge is 0.504 e. The first-order valence-corrected chi connectivity index (χ1v) is 4.91. The van der Waals surface area contributed by atoms with Crippen LogP contribution in [0.3, 0.4) is 0 Å². The Bertz CT molecular complexity index is 365. The number of methoxy groups -OCH3 is 1. The van der Waals surface area contributed by atoms with Crippen molar-refractivity contribution < 1.29 is 19.4 Å². The summed E-state index contributed by atoms with van der Waals surface area (Å²) in [7, 11) is 1.34. The summed E-state index contributed by atoms with van der Waals surface area (Å²) < 4.78 is 9.76. The fourth-order valence-electron chi connectivity index (χ4n) is 1.15. The van der Waals surface area contributed by atoms with E-state index in [4.69, 9.17) is 10.5 Å². The molecule has 0 bridgehead atoms. The predicted octanol–water partition coefficient (Wildman–Crippen LogP) is 1.31. The Labute approximate surface area is 93.8 Å². The molecule has 0 aliphatic carbocycles. The second-order valence-electron chi connectivity index (χ2n) is 3.26. The van der Waals surface area contributed by atoms with Crippen LogP contribution in [0.1, 0.15) is 12.8 Å². The molecule has 1 rings (SSSR count). The fraction of sp³-hybridized carbons (Fsp3) is 0.364. The number of anilines is 1. The van der Waals surface area contributed by atoms with E-state index in [0.29, 0.717) is 30.9 Å². The first kappa shape index (κ1) is 12.2. The molecule has 0 amide bonds. The SMILES string of the molecule is COC(=O)CCCOc1cc(N)ccc1O. The van der Waals surface area contributed by atoms with Crippen LogP contribution in [0.4, 0.5) is 5.69 Å². The van der Waals surface area contributed by atoms with Crippen LogP contribution in [0.5, 0.6) is 11.5 Å². The normalized spacial score (nSPS) is 9.81. The third kappa shape index (κ3) is 3.68. The van der Waals surface area contributed by atoms with Crippen LogP contribution < -0.4 is 10.5 Å². The second kappa shape index (κ2) is 5.85. The molecule has 0 unspecified atom stereocenters. The number of aromatic hydroxyl groups is 1. The van der Waals surface area contributed by atoms with E-state index in [-0.39, 0.29) is 11.7 Å². The van der Waals surface area contributed by atoms with Gasteiger partial charge in [-0.25, -0.2) is 0 Å². The van der Waals surface area contributed by atoms with Crippen molar-refractivity contribution in [1.29, 1.82) is 0 Å². The van der Waals surface area contributed by atoms with E-state index in [1.54, 1.807) is 6.07 Å². The quantitative estimate of drug-likeness (QED) is 0.341. The summed E-state index contributed by atoms with van der Waals surface area (Å²) in [5.41, 5.74) is 6.05. The number of hydrogen-bond acceptors (Lipinski definition) is 5. The number of hydrogen-bond donors (Lipinski definition) is 2. The van der Waals surface area contributed by atoms with Gasteiger partial charge in [-0.1, -0.05) is 0 Å². The Morgan fingerprint density at radius 1 is 1.50 bits per heavy atom. The maximum Gasteiger partial charge on any atom is 0.305 e. The number of rotatable bonds is 5. The Hall–Kier alpha value is -1.91. The zero-order valence-corrected chi connectivity index (χ0v) is 9.10. The van der Waals surface area contributed by atoms with Gasteiger partial charge >= 0.3 is 5.97 Å². The Morgan fingerprint density at radius 3 is 2.94 bits per heavy atom. The maximum atomic E-state index is 10.8. The van der Waals surface area contributed by atoms with E-state index in [0.717, 1.165) is 0 Å². The lowest BCUT2D eigenvalue weighted by Gasteiger charge is -2.08. The summed E-state index contributed by atoms with van der Waals surface area (Å²) >= 11 is 0. The molecular formula is C11H15NO4. The third-order valence-corrected chi connectivity index (χ3v) is 1.99. The van der Waals surface area contributed by atoms with Gasteiger partial charge in [-0.05, 0) is 18.6 Å². The highest BCUT2D eigenvalue weighted by Crippen LogP contribution is 2.27. The molecule has 0 heterocycles. The average Bonchev–Trinajstić information content (AvgIpc) is 2.28. The molecule has 0 saturated carbocycles. The molecule has 0 aliphatic rings. The number of carbonyl (C=O) groups is 1. The molecule has 88 valence electrons. The van der Waals surface area contributed by atoms with Crippen LogP contribution in [0.25, 0.3) is 0 Å². The molecule has 3 N–H and O–H groups in total. The molecule has 0 aromatic heterocycles. The van der Waals surface area contributed by atoms with E-state index in [1.807, 2.05) is 0 Å². The van der Waals surface area contributed by atoms with Crippen molar-refractivity contribution >= 4 is 11.7 Å². The molecular weight excluding hydrogens is 210 g/mol. The average molecular weight is 225 g/mol. The number of benzene rings is 1. The van der Waals surface area contributed by atoms with Crippen molar-refractivity contribution in [2.24, 2.45) is 0 Å². The first-order chi connectivity index (χ1) is 7.63.